The lowest BCUT2D eigenvalue weighted by atomic mass is 9.96. The van der Waals surface area contributed by atoms with Crippen LogP contribution in [-0.4, -0.2) is 9.97 Å². The van der Waals surface area contributed by atoms with Gasteiger partial charge in [0.05, 0.1) is 22.1 Å². The van der Waals surface area contributed by atoms with Crippen molar-refractivity contribution in [2.45, 2.75) is 57.8 Å². The van der Waals surface area contributed by atoms with Gasteiger partial charge in [0.2, 0.25) is 0 Å². The van der Waals surface area contributed by atoms with Gasteiger partial charge in [-0.25, -0.2) is 9.97 Å². The Bertz CT molecular complexity index is 1430. The van der Waals surface area contributed by atoms with E-state index in [9.17, 15) is 0 Å². The van der Waals surface area contributed by atoms with Gasteiger partial charge in [0, 0.05) is 21.5 Å². The van der Waals surface area contributed by atoms with Crippen molar-refractivity contribution in [3.63, 3.8) is 0 Å². The van der Waals surface area contributed by atoms with Crippen molar-refractivity contribution >= 4 is 43.6 Å². The van der Waals surface area contributed by atoms with Crippen LogP contribution >= 0.6 is 0 Å². The Labute approximate surface area is 219 Å². The number of fused-ring (bicyclic) bond motifs is 4. The number of unbranched alkanes of at least 4 members (excludes halogenated alkanes) is 6. The molecule has 2 nitrogen and oxygen atoms in total. The zero-order valence-corrected chi connectivity index (χ0v) is 21.5. The van der Waals surface area contributed by atoms with E-state index in [4.69, 9.17) is 9.97 Å². The summed E-state index contributed by atoms with van der Waals surface area (Å²) in [6, 6.07) is 34.4. The van der Waals surface area contributed by atoms with E-state index in [0.29, 0.717) is 0 Å². The summed E-state index contributed by atoms with van der Waals surface area (Å²) in [6.07, 6.45) is 11.3. The molecule has 0 aliphatic heterocycles. The maximum atomic E-state index is 4.88. The van der Waals surface area contributed by atoms with E-state index in [1.54, 1.807) is 0 Å². The third kappa shape index (κ3) is 5.06. The minimum atomic E-state index is 1.12. The molecule has 0 N–H and O–H groups in total. The van der Waals surface area contributed by atoms with Gasteiger partial charge in [-0.3, -0.25) is 0 Å². The second kappa shape index (κ2) is 11.1. The van der Waals surface area contributed by atoms with Gasteiger partial charge in [0.15, 0.2) is 0 Å². The molecule has 2 heteroatoms. The van der Waals surface area contributed by atoms with E-state index in [1.807, 2.05) is 0 Å². The number of aromatic nitrogens is 2. The summed E-state index contributed by atoms with van der Waals surface area (Å²) in [6.45, 7) is 0. The van der Waals surface area contributed by atoms with Crippen molar-refractivity contribution in [3.05, 3.63) is 108 Å². The topological polar surface area (TPSA) is 25.8 Å². The molecule has 37 heavy (non-hydrogen) atoms. The van der Waals surface area contributed by atoms with E-state index in [2.05, 4.69) is 97.1 Å². The molecule has 6 aromatic rings. The highest BCUT2D eigenvalue weighted by Gasteiger charge is 2.10. The Hall–Kier alpha value is -3.78. The van der Waals surface area contributed by atoms with Crippen molar-refractivity contribution < 1.29 is 0 Å². The summed E-state index contributed by atoms with van der Waals surface area (Å²) in [7, 11) is 0. The molecule has 0 saturated heterocycles. The first-order valence-corrected chi connectivity index (χ1v) is 13.9. The van der Waals surface area contributed by atoms with Crippen molar-refractivity contribution in [2.75, 3.05) is 0 Å². The Morgan fingerprint density at radius 1 is 0.324 bits per heavy atom. The van der Waals surface area contributed by atoms with Gasteiger partial charge in [-0.2, -0.15) is 0 Å². The van der Waals surface area contributed by atoms with Gasteiger partial charge < -0.3 is 0 Å². The first-order chi connectivity index (χ1) is 18.4. The predicted octanol–water partition coefficient (Wildman–Crippen LogP) is 9.61. The van der Waals surface area contributed by atoms with Gasteiger partial charge in [-0.05, 0) is 61.1 Å². The Balaban J connectivity index is 1.00. The van der Waals surface area contributed by atoms with E-state index in [-0.39, 0.29) is 0 Å². The lowest BCUT2D eigenvalue weighted by Gasteiger charge is -2.11. The number of benzene rings is 4. The summed E-state index contributed by atoms with van der Waals surface area (Å²) < 4.78 is 0. The lowest BCUT2D eigenvalue weighted by Crippen LogP contribution is -1.94. The molecule has 0 saturated carbocycles. The normalized spacial score (nSPS) is 11.7. The van der Waals surface area contributed by atoms with Gasteiger partial charge in [0.25, 0.3) is 0 Å². The zero-order chi connectivity index (χ0) is 24.9. The number of para-hydroxylation sites is 4. The average molecular weight is 483 g/mol. The number of hydrogen-bond acceptors (Lipinski definition) is 2. The Kier molecular flexibility index (Phi) is 7.07. The number of pyridine rings is 2. The largest absolute Gasteiger partial charge is 0.248 e. The predicted molar refractivity (Wildman–Crippen MR) is 158 cm³/mol. The van der Waals surface area contributed by atoms with Crippen molar-refractivity contribution in [1.29, 1.82) is 0 Å². The van der Waals surface area contributed by atoms with Crippen LogP contribution in [0.5, 0.6) is 0 Å². The molecule has 0 radical (unpaired) electrons. The molecule has 184 valence electrons. The molecule has 0 aliphatic carbocycles. The number of aryl methyl sites for hydroxylation is 2. The van der Waals surface area contributed by atoms with Gasteiger partial charge in [-0.15, -0.1) is 0 Å². The highest BCUT2D eigenvalue weighted by molar-refractivity contribution is 5.98. The molecule has 0 spiro atoms. The summed E-state index contributed by atoms with van der Waals surface area (Å²) in [5, 5.41) is 5.27. The first-order valence-electron chi connectivity index (χ1n) is 13.9. The van der Waals surface area contributed by atoms with Gasteiger partial charge in [0.1, 0.15) is 0 Å². The van der Waals surface area contributed by atoms with Crippen LogP contribution < -0.4 is 0 Å². The van der Waals surface area contributed by atoms with E-state index >= 15 is 0 Å². The Morgan fingerprint density at radius 3 is 0.919 bits per heavy atom. The summed E-state index contributed by atoms with van der Waals surface area (Å²) in [5.74, 6) is 0. The maximum absolute atomic E-state index is 4.88. The van der Waals surface area contributed by atoms with E-state index < -0.39 is 0 Å². The molecule has 0 fully saturated rings. The fourth-order valence-electron chi connectivity index (χ4n) is 5.88. The van der Waals surface area contributed by atoms with Gasteiger partial charge >= 0.3 is 0 Å². The fourth-order valence-corrected chi connectivity index (χ4v) is 5.88. The van der Waals surface area contributed by atoms with Gasteiger partial charge in [-0.1, -0.05) is 105 Å². The smallest absolute Gasteiger partial charge is 0.0712 e. The van der Waals surface area contributed by atoms with Crippen LogP contribution in [0.1, 0.15) is 56.1 Å². The molecule has 6 rings (SSSR count). The molecule has 4 aromatic carbocycles. The second-order valence-corrected chi connectivity index (χ2v) is 10.2. The maximum Gasteiger partial charge on any atom is 0.0712 e. The number of nitrogens with zero attached hydrogens (tertiary/aromatic N) is 2. The SMILES string of the molecule is c1ccc2c(CCCCCCCCCc3c4ccccc4nc4ccccc34)c3ccccc3nc2c1. The molecule has 0 unspecified atom stereocenters. The Morgan fingerprint density at radius 2 is 0.595 bits per heavy atom. The monoisotopic (exact) mass is 482 g/mol. The molecular formula is C35H34N2. The van der Waals surface area contributed by atoms with Crippen LogP contribution in [0.3, 0.4) is 0 Å². The van der Waals surface area contributed by atoms with Crippen molar-refractivity contribution in [3.8, 4) is 0 Å². The van der Waals surface area contributed by atoms with Crippen LogP contribution in [0, 0.1) is 0 Å². The molecular weight excluding hydrogens is 448 g/mol. The standard InChI is InChI=1S/C35H34N2/c1(2-4-6-16-26-28-18-8-12-22-32(28)36-33-23-13-9-19-29(26)33)3-5-7-17-27-30-20-10-14-24-34(30)37-35-25-15-11-21-31(27)35/h8-15,18-25H,1-7,16-17H2. The number of rotatable bonds is 10. The minimum Gasteiger partial charge on any atom is -0.248 e. The highest BCUT2D eigenvalue weighted by Crippen LogP contribution is 2.29. The third-order valence-corrected chi connectivity index (χ3v) is 7.75. The lowest BCUT2D eigenvalue weighted by molar-refractivity contribution is 0.580. The zero-order valence-electron chi connectivity index (χ0n) is 21.5. The number of hydrogen-bond donors (Lipinski definition) is 0. The van der Waals surface area contributed by atoms with E-state index in [1.165, 1.54) is 77.6 Å². The fraction of sp³-hybridized carbons (Fsp3) is 0.257. The van der Waals surface area contributed by atoms with Crippen molar-refractivity contribution in [1.82, 2.24) is 9.97 Å². The van der Waals surface area contributed by atoms with Crippen LogP contribution in [0.25, 0.3) is 43.6 Å². The second-order valence-electron chi connectivity index (χ2n) is 10.2. The summed E-state index contributed by atoms with van der Waals surface area (Å²) >= 11 is 0. The molecule has 0 aliphatic rings. The average Bonchev–Trinajstić information content (AvgIpc) is 2.95. The molecule has 2 heterocycles. The van der Waals surface area contributed by atoms with Crippen LogP contribution in [0.2, 0.25) is 0 Å². The van der Waals surface area contributed by atoms with Crippen LogP contribution in [0.4, 0.5) is 0 Å². The quantitative estimate of drug-likeness (QED) is 0.143. The highest BCUT2D eigenvalue weighted by atomic mass is 14.7. The molecule has 2 aromatic heterocycles. The van der Waals surface area contributed by atoms with Crippen molar-refractivity contribution in [2.24, 2.45) is 0 Å². The molecule has 0 amide bonds. The van der Waals surface area contributed by atoms with E-state index in [0.717, 1.165) is 34.9 Å². The van der Waals surface area contributed by atoms with Crippen LogP contribution in [0.15, 0.2) is 97.1 Å². The first kappa shape index (κ1) is 23.6. The summed E-state index contributed by atoms with van der Waals surface area (Å²) in [5.41, 5.74) is 7.41. The van der Waals surface area contributed by atoms with Crippen LogP contribution in [-0.2, 0) is 12.8 Å². The third-order valence-electron chi connectivity index (χ3n) is 7.75. The minimum absolute atomic E-state index is 1.12. The molecule has 0 bridgehead atoms. The molecule has 0 atom stereocenters. The summed E-state index contributed by atoms with van der Waals surface area (Å²) in [4.78, 5) is 9.75.